The van der Waals surface area contributed by atoms with Gasteiger partial charge in [0, 0.05) is 11.1 Å². The highest BCUT2D eigenvalue weighted by molar-refractivity contribution is 6.31. The Hall–Kier alpha value is -3.37. The van der Waals surface area contributed by atoms with Crippen LogP contribution in [0.1, 0.15) is 29.9 Å². The maximum atomic E-state index is 12.5. The van der Waals surface area contributed by atoms with Gasteiger partial charge in [0.15, 0.2) is 0 Å². The van der Waals surface area contributed by atoms with E-state index >= 15 is 0 Å². The molecule has 0 saturated heterocycles. The number of carbonyl (C=O) groups excluding carboxylic acids is 1. The summed E-state index contributed by atoms with van der Waals surface area (Å²) in [4.78, 5) is 17.3. The Balaban J connectivity index is 1.60. The lowest BCUT2D eigenvalue weighted by atomic mass is 10.2. The summed E-state index contributed by atoms with van der Waals surface area (Å²) in [7, 11) is 0. The molecule has 30 heavy (non-hydrogen) atoms. The standard InChI is InChI=1S/C25H22ClN3O/c1-18(27-24(30)16-15-19-9-3-2-4-10-19)25-28-22-13-7-8-14-23(22)29(25)17-20-11-5-6-12-21(20)26/h2-16,18H,17H2,1H3,(H,27,30)/b16-15-. The predicted octanol–water partition coefficient (Wildman–Crippen LogP) is 5.63. The van der Waals surface area contributed by atoms with E-state index in [1.165, 1.54) is 0 Å². The zero-order valence-electron chi connectivity index (χ0n) is 16.6. The highest BCUT2D eigenvalue weighted by Crippen LogP contribution is 2.24. The van der Waals surface area contributed by atoms with Crippen molar-refractivity contribution in [2.45, 2.75) is 19.5 Å². The van der Waals surface area contributed by atoms with E-state index < -0.39 is 0 Å². The number of hydrogen-bond donors (Lipinski definition) is 1. The largest absolute Gasteiger partial charge is 0.343 e. The fourth-order valence-corrected chi connectivity index (χ4v) is 3.65. The monoisotopic (exact) mass is 415 g/mol. The number of amides is 1. The Bertz CT molecular complexity index is 1200. The zero-order valence-corrected chi connectivity index (χ0v) is 17.4. The minimum Gasteiger partial charge on any atom is -0.343 e. The number of hydrogen-bond acceptors (Lipinski definition) is 2. The summed E-state index contributed by atoms with van der Waals surface area (Å²) in [6, 6.07) is 25.2. The molecule has 0 radical (unpaired) electrons. The third-order valence-corrected chi connectivity index (χ3v) is 5.31. The fourth-order valence-electron chi connectivity index (χ4n) is 3.45. The molecule has 4 aromatic rings. The quantitative estimate of drug-likeness (QED) is 0.415. The minimum atomic E-state index is -0.271. The van der Waals surface area contributed by atoms with Crippen molar-refractivity contribution in [3.8, 4) is 0 Å². The lowest BCUT2D eigenvalue weighted by Gasteiger charge is -2.16. The van der Waals surface area contributed by atoms with E-state index in [4.69, 9.17) is 16.6 Å². The Morgan fingerprint density at radius 2 is 1.73 bits per heavy atom. The minimum absolute atomic E-state index is 0.164. The maximum absolute atomic E-state index is 12.5. The van der Waals surface area contributed by atoms with Crippen molar-refractivity contribution in [1.82, 2.24) is 14.9 Å². The van der Waals surface area contributed by atoms with Gasteiger partial charge >= 0.3 is 0 Å². The van der Waals surface area contributed by atoms with Crippen molar-refractivity contribution in [3.05, 3.63) is 107 Å². The molecule has 150 valence electrons. The van der Waals surface area contributed by atoms with Crippen molar-refractivity contribution in [2.75, 3.05) is 0 Å². The molecular weight excluding hydrogens is 394 g/mol. The molecule has 0 aliphatic carbocycles. The lowest BCUT2D eigenvalue weighted by molar-refractivity contribution is -0.117. The molecular formula is C25H22ClN3O. The summed E-state index contributed by atoms with van der Waals surface area (Å²) in [5.41, 5.74) is 3.88. The van der Waals surface area contributed by atoms with E-state index in [1.807, 2.05) is 85.8 Å². The van der Waals surface area contributed by atoms with Gasteiger partial charge in [-0.1, -0.05) is 72.3 Å². The normalized spacial score (nSPS) is 12.3. The number of benzene rings is 3. The first kappa shape index (κ1) is 19.9. The van der Waals surface area contributed by atoms with Crippen molar-refractivity contribution in [2.24, 2.45) is 0 Å². The summed E-state index contributed by atoms with van der Waals surface area (Å²) < 4.78 is 2.11. The summed E-state index contributed by atoms with van der Waals surface area (Å²) >= 11 is 6.40. The summed E-state index contributed by atoms with van der Waals surface area (Å²) in [6.07, 6.45) is 3.35. The molecule has 0 aliphatic rings. The molecule has 1 aromatic heterocycles. The van der Waals surface area contributed by atoms with Gasteiger partial charge in [-0.3, -0.25) is 4.79 Å². The second-order valence-corrected chi connectivity index (χ2v) is 7.52. The van der Waals surface area contributed by atoms with E-state index in [-0.39, 0.29) is 11.9 Å². The number of nitrogens with one attached hydrogen (secondary N) is 1. The second-order valence-electron chi connectivity index (χ2n) is 7.11. The number of para-hydroxylation sites is 2. The molecule has 1 amide bonds. The molecule has 0 bridgehead atoms. The fraction of sp³-hybridized carbons (Fsp3) is 0.120. The Morgan fingerprint density at radius 1 is 1.03 bits per heavy atom. The Kier molecular flexibility index (Phi) is 5.96. The van der Waals surface area contributed by atoms with Crippen LogP contribution in [0.2, 0.25) is 5.02 Å². The van der Waals surface area contributed by atoms with Crippen LogP contribution in [0.3, 0.4) is 0 Å². The number of carbonyl (C=O) groups is 1. The first-order chi connectivity index (χ1) is 14.6. The molecule has 4 rings (SSSR count). The van der Waals surface area contributed by atoms with Crippen molar-refractivity contribution in [3.63, 3.8) is 0 Å². The molecule has 3 aromatic carbocycles. The molecule has 0 fully saturated rings. The molecule has 0 spiro atoms. The van der Waals surface area contributed by atoms with Gasteiger partial charge in [-0.05, 0) is 42.3 Å². The predicted molar refractivity (Wildman–Crippen MR) is 122 cm³/mol. The SMILES string of the molecule is CC(NC(=O)/C=C\c1ccccc1)c1nc2ccccc2n1Cc1ccccc1Cl. The highest BCUT2D eigenvalue weighted by Gasteiger charge is 2.18. The van der Waals surface area contributed by atoms with Gasteiger partial charge in [0.1, 0.15) is 5.82 Å². The van der Waals surface area contributed by atoms with Gasteiger partial charge in [0.25, 0.3) is 0 Å². The molecule has 0 saturated carbocycles. The van der Waals surface area contributed by atoms with Crippen molar-refractivity contribution < 1.29 is 4.79 Å². The molecule has 1 N–H and O–H groups in total. The smallest absolute Gasteiger partial charge is 0.244 e. The summed E-state index contributed by atoms with van der Waals surface area (Å²) in [5, 5.41) is 3.74. The van der Waals surface area contributed by atoms with Gasteiger partial charge in [-0.2, -0.15) is 0 Å². The first-order valence-electron chi connectivity index (χ1n) is 9.84. The van der Waals surface area contributed by atoms with Crippen molar-refractivity contribution >= 4 is 34.6 Å². The lowest BCUT2D eigenvalue weighted by Crippen LogP contribution is -2.27. The van der Waals surface area contributed by atoms with Gasteiger partial charge < -0.3 is 9.88 Å². The third-order valence-electron chi connectivity index (χ3n) is 4.94. The van der Waals surface area contributed by atoms with Gasteiger partial charge in [0.05, 0.1) is 23.6 Å². The summed E-state index contributed by atoms with van der Waals surface area (Å²) in [5.74, 6) is 0.625. The van der Waals surface area contributed by atoms with Crippen molar-refractivity contribution in [1.29, 1.82) is 0 Å². The van der Waals surface area contributed by atoms with Crippen LogP contribution in [-0.4, -0.2) is 15.5 Å². The average Bonchev–Trinajstić information content (AvgIpc) is 3.13. The van der Waals surface area contributed by atoms with E-state index in [2.05, 4.69) is 9.88 Å². The molecule has 5 heteroatoms. The van der Waals surface area contributed by atoms with Crippen LogP contribution in [0.25, 0.3) is 17.1 Å². The number of nitrogens with zero attached hydrogens (tertiary/aromatic N) is 2. The van der Waals surface area contributed by atoms with Crippen LogP contribution in [-0.2, 0) is 11.3 Å². The second kappa shape index (κ2) is 8.97. The maximum Gasteiger partial charge on any atom is 0.244 e. The number of aromatic nitrogens is 2. The zero-order chi connectivity index (χ0) is 20.9. The van der Waals surface area contributed by atoms with Crippen LogP contribution in [0.5, 0.6) is 0 Å². The molecule has 1 atom stereocenters. The first-order valence-corrected chi connectivity index (χ1v) is 10.2. The van der Waals surface area contributed by atoms with E-state index in [1.54, 1.807) is 12.2 Å². The van der Waals surface area contributed by atoms with Gasteiger partial charge in [-0.15, -0.1) is 0 Å². The van der Waals surface area contributed by atoms with E-state index in [9.17, 15) is 4.79 Å². The van der Waals surface area contributed by atoms with Crippen LogP contribution < -0.4 is 5.32 Å². The van der Waals surface area contributed by atoms with Gasteiger partial charge in [-0.25, -0.2) is 4.98 Å². The highest BCUT2D eigenvalue weighted by atomic mass is 35.5. The third kappa shape index (κ3) is 4.44. The number of imidazole rings is 1. The Labute approximate surface area is 180 Å². The average molecular weight is 416 g/mol. The Morgan fingerprint density at radius 3 is 2.53 bits per heavy atom. The van der Waals surface area contributed by atoms with Crippen LogP contribution in [0.4, 0.5) is 0 Å². The van der Waals surface area contributed by atoms with E-state index in [0.29, 0.717) is 11.6 Å². The number of rotatable bonds is 6. The molecule has 0 aliphatic heterocycles. The van der Waals surface area contributed by atoms with Gasteiger partial charge in [0.2, 0.25) is 5.91 Å². The van der Waals surface area contributed by atoms with E-state index in [0.717, 1.165) is 28.0 Å². The molecule has 1 unspecified atom stereocenters. The molecule has 4 nitrogen and oxygen atoms in total. The number of halogens is 1. The molecule has 1 heterocycles. The van der Waals surface area contributed by atoms with Crippen LogP contribution in [0.15, 0.2) is 84.9 Å². The van der Waals surface area contributed by atoms with Crippen LogP contribution in [0, 0.1) is 0 Å². The number of fused-ring (bicyclic) bond motifs is 1. The topological polar surface area (TPSA) is 46.9 Å². The summed E-state index contributed by atoms with van der Waals surface area (Å²) in [6.45, 7) is 2.52. The van der Waals surface area contributed by atoms with Crippen LogP contribution >= 0.6 is 11.6 Å².